The summed E-state index contributed by atoms with van der Waals surface area (Å²) in [5, 5.41) is 0. The molecule has 1 rings (SSSR count). The highest BCUT2D eigenvalue weighted by molar-refractivity contribution is 5.02. The molecule has 7 heavy (non-hydrogen) atoms. The molecule has 1 heteroatoms. The maximum absolute atomic E-state index is 5.54. The highest BCUT2D eigenvalue weighted by atomic mass is 14.6. The van der Waals surface area contributed by atoms with Crippen molar-refractivity contribution in [1.82, 2.24) is 0 Å². The molecule has 1 nitrogen and oxygen atoms in total. The summed E-state index contributed by atoms with van der Waals surface area (Å²) in [5.41, 5.74) is 5.54. The fourth-order valence-corrected chi connectivity index (χ4v) is 0.919. The molecule has 0 saturated heterocycles. The van der Waals surface area contributed by atoms with Crippen LogP contribution in [-0.2, 0) is 0 Å². The molecule has 0 bridgehead atoms. The van der Waals surface area contributed by atoms with E-state index in [2.05, 4.69) is 19.1 Å². The van der Waals surface area contributed by atoms with Crippen molar-refractivity contribution in [3.63, 3.8) is 0 Å². The van der Waals surface area contributed by atoms with Gasteiger partial charge in [-0.15, -0.1) is 0 Å². The van der Waals surface area contributed by atoms with E-state index in [0.29, 0.717) is 6.04 Å². The lowest BCUT2D eigenvalue weighted by atomic mass is 10.1. The molecule has 2 atom stereocenters. The predicted octanol–water partition coefficient (Wildman–Crippen LogP) is 0.910. The van der Waals surface area contributed by atoms with E-state index in [1.807, 2.05) is 0 Å². The fraction of sp³-hybridized carbons (Fsp3) is 0.667. The van der Waals surface area contributed by atoms with Crippen LogP contribution in [0, 0.1) is 5.92 Å². The Bertz CT molecular complexity index is 76.2. The lowest BCUT2D eigenvalue weighted by molar-refractivity contribution is 0.641. The van der Waals surface area contributed by atoms with Gasteiger partial charge in [-0.2, -0.15) is 0 Å². The first-order valence-electron chi connectivity index (χ1n) is 2.73. The van der Waals surface area contributed by atoms with Gasteiger partial charge in [0.1, 0.15) is 0 Å². The van der Waals surface area contributed by atoms with E-state index in [4.69, 9.17) is 5.73 Å². The second-order valence-corrected chi connectivity index (χ2v) is 2.26. The Labute approximate surface area is 44.2 Å². The Balaban J connectivity index is 2.42. The van der Waals surface area contributed by atoms with Gasteiger partial charge in [-0.25, -0.2) is 0 Å². The summed E-state index contributed by atoms with van der Waals surface area (Å²) >= 11 is 0. The van der Waals surface area contributed by atoms with Gasteiger partial charge in [0.05, 0.1) is 0 Å². The van der Waals surface area contributed by atoms with Crippen LogP contribution in [0.3, 0.4) is 0 Å². The van der Waals surface area contributed by atoms with E-state index in [1.54, 1.807) is 0 Å². The number of rotatable bonds is 0. The molecule has 0 aromatic heterocycles. The van der Waals surface area contributed by atoms with Crippen molar-refractivity contribution in [2.75, 3.05) is 0 Å². The summed E-state index contributed by atoms with van der Waals surface area (Å²) in [7, 11) is 0. The maximum atomic E-state index is 5.54. The van der Waals surface area contributed by atoms with Crippen LogP contribution in [0.4, 0.5) is 0 Å². The van der Waals surface area contributed by atoms with Crippen molar-refractivity contribution in [3.8, 4) is 0 Å². The molecule has 0 aromatic rings. The minimum Gasteiger partial charge on any atom is -0.324 e. The lowest BCUT2D eigenvalue weighted by Crippen LogP contribution is -2.13. The van der Waals surface area contributed by atoms with E-state index in [9.17, 15) is 0 Å². The summed E-state index contributed by atoms with van der Waals surface area (Å²) in [6.07, 6.45) is 5.38. The van der Waals surface area contributed by atoms with Gasteiger partial charge in [0.2, 0.25) is 0 Å². The Morgan fingerprint density at radius 1 is 1.57 bits per heavy atom. The van der Waals surface area contributed by atoms with Gasteiger partial charge in [-0.3, -0.25) is 0 Å². The predicted molar refractivity (Wildman–Crippen MR) is 30.9 cm³/mol. The van der Waals surface area contributed by atoms with E-state index >= 15 is 0 Å². The largest absolute Gasteiger partial charge is 0.324 e. The zero-order chi connectivity index (χ0) is 5.28. The van der Waals surface area contributed by atoms with Crippen LogP contribution < -0.4 is 5.73 Å². The highest BCUT2D eigenvalue weighted by Gasteiger charge is 2.08. The van der Waals surface area contributed by atoms with Crippen LogP contribution in [-0.4, -0.2) is 6.04 Å². The Hall–Kier alpha value is -0.300. The van der Waals surface area contributed by atoms with Gasteiger partial charge in [0.15, 0.2) is 0 Å². The number of hydrogen-bond donors (Lipinski definition) is 1. The van der Waals surface area contributed by atoms with E-state index < -0.39 is 0 Å². The topological polar surface area (TPSA) is 26.0 Å². The highest BCUT2D eigenvalue weighted by Crippen LogP contribution is 2.13. The van der Waals surface area contributed by atoms with E-state index in [0.717, 1.165) is 12.3 Å². The fourth-order valence-electron chi connectivity index (χ4n) is 0.919. The average Bonchev–Trinajstić information content (AvgIpc) is 1.87. The smallest absolute Gasteiger partial charge is 0.0229 e. The molecule has 0 amide bonds. The van der Waals surface area contributed by atoms with Gasteiger partial charge in [-0.1, -0.05) is 19.1 Å². The van der Waals surface area contributed by atoms with Crippen LogP contribution in [0.25, 0.3) is 0 Å². The number of nitrogens with two attached hydrogens (primary N) is 1. The third-order valence-corrected chi connectivity index (χ3v) is 1.33. The second kappa shape index (κ2) is 1.66. The van der Waals surface area contributed by atoms with Crippen molar-refractivity contribution >= 4 is 0 Å². The van der Waals surface area contributed by atoms with Crippen LogP contribution in [0.15, 0.2) is 12.2 Å². The quantitative estimate of drug-likeness (QED) is 0.447. The maximum Gasteiger partial charge on any atom is 0.0229 e. The molecular formula is C6H11N. The van der Waals surface area contributed by atoms with Gasteiger partial charge >= 0.3 is 0 Å². The third kappa shape index (κ3) is 1.03. The first kappa shape index (κ1) is 4.85. The monoisotopic (exact) mass is 97.1 g/mol. The van der Waals surface area contributed by atoms with Crippen molar-refractivity contribution < 1.29 is 0 Å². The number of allylic oxidation sites excluding steroid dienone is 1. The molecule has 1 aliphatic rings. The van der Waals surface area contributed by atoms with Crippen LogP contribution >= 0.6 is 0 Å². The summed E-state index contributed by atoms with van der Waals surface area (Å²) in [5.74, 6) is 0.718. The SMILES string of the molecule is C[C@@H]1C=CC(N)C1. The Morgan fingerprint density at radius 2 is 2.29 bits per heavy atom. The summed E-state index contributed by atoms with van der Waals surface area (Å²) < 4.78 is 0. The van der Waals surface area contributed by atoms with Crippen LogP contribution in [0.2, 0.25) is 0 Å². The molecule has 1 aliphatic carbocycles. The van der Waals surface area contributed by atoms with Crippen molar-refractivity contribution in [3.05, 3.63) is 12.2 Å². The molecule has 40 valence electrons. The first-order valence-corrected chi connectivity index (χ1v) is 2.73. The normalized spacial score (nSPS) is 39.7. The molecule has 0 radical (unpaired) electrons. The van der Waals surface area contributed by atoms with Crippen LogP contribution in [0.1, 0.15) is 13.3 Å². The summed E-state index contributed by atoms with van der Waals surface area (Å²) in [4.78, 5) is 0. The van der Waals surface area contributed by atoms with Crippen LogP contribution in [0.5, 0.6) is 0 Å². The molecule has 0 spiro atoms. The molecule has 2 N–H and O–H groups in total. The molecule has 0 heterocycles. The standard InChI is InChI=1S/C6H11N/c1-5-2-3-6(7)4-5/h2-3,5-6H,4,7H2,1H3/t5-,6?/m1/s1. The zero-order valence-corrected chi connectivity index (χ0v) is 4.59. The number of hydrogen-bond acceptors (Lipinski definition) is 1. The Morgan fingerprint density at radius 3 is 2.43 bits per heavy atom. The summed E-state index contributed by atoms with van der Waals surface area (Å²) in [6, 6.07) is 0.343. The van der Waals surface area contributed by atoms with Crippen molar-refractivity contribution in [1.29, 1.82) is 0 Å². The molecule has 0 aliphatic heterocycles. The first-order chi connectivity index (χ1) is 3.29. The lowest BCUT2D eigenvalue weighted by Gasteiger charge is -1.97. The molecule has 0 aromatic carbocycles. The minimum absolute atomic E-state index is 0.343. The molecular weight excluding hydrogens is 86.1 g/mol. The average molecular weight is 97.2 g/mol. The summed E-state index contributed by atoms with van der Waals surface area (Å²) in [6.45, 7) is 2.18. The van der Waals surface area contributed by atoms with E-state index in [-0.39, 0.29) is 0 Å². The molecule has 0 saturated carbocycles. The minimum atomic E-state index is 0.343. The van der Waals surface area contributed by atoms with Crippen molar-refractivity contribution in [2.24, 2.45) is 11.7 Å². The van der Waals surface area contributed by atoms with E-state index in [1.165, 1.54) is 0 Å². The molecule has 1 unspecified atom stereocenters. The second-order valence-electron chi connectivity index (χ2n) is 2.26. The third-order valence-electron chi connectivity index (χ3n) is 1.33. The van der Waals surface area contributed by atoms with Gasteiger partial charge < -0.3 is 5.73 Å². The Kier molecular flexibility index (Phi) is 1.15. The van der Waals surface area contributed by atoms with Crippen molar-refractivity contribution in [2.45, 2.75) is 19.4 Å². The zero-order valence-electron chi connectivity index (χ0n) is 4.59. The molecule has 0 fully saturated rings. The van der Waals surface area contributed by atoms with Gasteiger partial charge in [0, 0.05) is 6.04 Å². The van der Waals surface area contributed by atoms with Gasteiger partial charge in [-0.05, 0) is 12.3 Å². The van der Waals surface area contributed by atoms with Gasteiger partial charge in [0.25, 0.3) is 0 Å².